The van der Waals surface area contributed by atoms with Crippen LogP contribution >= 0.6 is 0 Å². The van der Waals surface area contributed by atoms with Crippen LogP contribution in [-0.4, -0.2) is 26.0 Å². The maximum atomic E-state index is 11.5. The normalized spacial score (nSPS) is 15.4. The molecule has 0 saturated heterocycles. The zero-order valence-corrected chi connectivity index (χ0v) is 6.98. The van der Waals surface area contributed by atoms with Crippen molar-refractivity contribution in [1.29, 1.82) is 0 Å². The van der Waals surface area contributed by atoms with Crippen LogP contribution in [-0.2, 0) is 19.1 Å². The van der Waals surface area contributed by atoms with Gasteiger partial charge in [0.05, 0.1) is 5.97 Å². The Morgan fingerprint density at radius 1 is 1.46 bits per heavy atom. The van der Waals surface area contributed by atoms with Gasteiger partial charge in [0.25, 0.3) is 0 Å². The number of rotatable bonds is 3. The van der Waals surface area contributed by atoms with Crippen molar-refractivity contribution in [3.63, 3.8) is 0 Å². The van der Waals surface area contributed by atoms with E-state index in [2.05, 4.69) is 4.18 Å². The molecule has 0 aromatic heterocycles. The minimum Gasteiger partial charge on any atom is -0.547 e. The summed E-state index contributed by atoms with van der Waals surface area (Å²) in [6.07, 6.45) is -2.17. The van der Waals surface area contributed by atoms with Crippen LogP contribution in [0, 0.1) is 0 Å². The average Bonchev–Trinajstić information content (AvgIpc) is 1.83. The Kier molecular flexibility index (Phi) is 3.28. The van der Waals surface area contributed by atoms with Crippen molar-refractivity contribution in [2.75, 3.05) is 0 Å². The summed E-state index contributed by atoms with van der Waals surface area (Å²) in [7, 11) is -5.86. The van der Waals surface area contributed by atoms with Gasteiger partial charge in [-0.25, -0.2) is 0 Å². The number of halogens is 3. The molecular weight excluding hydrogens is 217 g/mol. The zero-order valence-electron chi connectivity index (χ0n) is 6.16. The first-order chi connectivity index (χ1) is 5.58. The number of carboxylic acids is 1. The van der Waals surface area contributed by atoms with Gasteiger partial charge in [0.2, 0.25) is 0 Å². The van der Waals surface area contributed by atoms with Crippen LogP contribution in [0.25, 0.3) is 0 Å². The second kappa shape index (κ2) is 3.50. The van der Waals surface area contributed by atoms with Crippen LogP contribution in [0.3, 0.4) is 0 Å². The van der Waals surface area contributed by atoms with E-state index in [4.69, 9.17) is 0 Å². The summed E-state index contributed by atoms with van der Waals surface area (Å²) >= 11 is 0. The average molecular weight is 221 g/mol. The molecule has 0 fully saturated rings. The van der Waals surface area contributed by atoms with Gasteiger partial charge in [-0.05, 0) is 6.92 Å². The fraction of sp³-hybridized carbons (Fsp3) is 0.750. The molecule has 0 aliphatic heterocycles. The van der Waals surface area contributed by atoms with E-state index in [-0.39, 0.29) is 0 Å². The summed E-state index contributed by atoms with van der Waals surface area (Å²) in [6.45, 7) is 0.610. The zero-order chi connectivity index (χ0) is 10.9. The number of carbonyl (C=O) groups is 1. The predicted octanol–water partition coefficient (Wildman–Crippen LogP) is -1.01. The van der Waals surface area contributed by atoms with Crippen molar-refractivity contribution in [3.8, 4) is 0 Å². The van der Waals surface area contributed by atoms with E-state index in [1.807, 2.05) is 0 Å². The number of alkyl halides is 3. The lowest BCUT2D eigenvalue weighted by atomic mass is 10.4. The highest BCUT2D eigenvalue weighted by Crippen LogP contribution is 2.25. The lowest BCUT2D eigenvalue weighted by Gasteiger charge is -2.14. The Balaban J connectivity index is 4.64. The first kappa shape index (κ1) is 12.2. The Hall–Kier alpha value is -0.830. The van der Waals surface area contributed by atoms with E-state index in [1.54, 1.807) is 0 Å². The van der Waals surface area contributed by atoms with Crippen molar-refractivity contribution in [2.45, 2.75) is 18.5 Å². The van der Waals surface area contributed by atoms with E-state index >= 15 is 0 Å². The third-order valence-corrected chi connectivity index (χ3v) is 2.00. The molecule has 0 bridgehead atoms. The van der Waals surface area contributed by atoms with E-state index in [0.717, 1.165) is 0 Å². The number of hydrogen-bond acceptors (Lipinski definition) is 5. The highest BCUT2D eigenvalue weighted by atomic mass is 32.2. The molecule has 1 unspecified atom stereocenters. The van der Waals surface area contributed by atoms with Crippen molar-refractivity contribution in [2.24, 2.45) is 0 Å². The van der Waals surface area contributed by atoms with Crippen molar-refractivity contribution < 1.29 is 35.7 Å². The van der Waals surface area contributed by atoms with Gasteiger partial charge in [0, 0.05) is 0 Å². The fourth-order valence-corrected chi connectivity index (χ4v) is 0.852. The lowest BCUT2D eigenvalue weighted by Crippen LogP contribution is -2.39. The second-order valence-corrected chi connectivity index (χ2v) is 3.52. The SMILES string of the molecule is CC(OS(=O)(=O)C(F)(F)F)C(=O)[O-]. The van der Waals surface area contributed by atoms with Gasteiger partial charge in [-0.3, -0.25) is 4.18 Å². The van der Waals surface area contributed by atoms with Crippen molar-refractivity contribution in [1.82, 2.24) is 0 Å². The van der Waals surface area contributed by atoms with Crippen LogP contribution in [0.5, 0.6) is 0 Å². The van der Waals surface area contributed by atoms with Crippen LogP contribution in [0.1, 0.15) is 6.92 Å². The summed E-state index contributed by atoms with van der Waals surface area (Å²) in [6, 6.07) is 0. The molecule has 78 valence electrons. The molecule has 13 heavy (non-hydrogen) atoms. The Labute approximate surface area is 71.2 Å². The Morgan fingerprint density at radius 2 is 1.85 bits per heavy atom. The molecular formula is C4H4F3O5S-. The standard InChI is InChI=1S/C4H5F3O5S/c1-2(3(8)9)12-13(10,11)4(5,6)7/h2H,1H3,(H,8,9)/p-1. The third kappa shape index (κ3) is 3.19. The molecule has 0 heterocycles. The highest BCUT2D eigenvalue weighted by Gasteiger charge is 2.48. The summed E-state index contributed by atoms with van der Waals surface area (Å²) in [5, 5.41) is 9.84. The first-order valence-corrected chi connectivity index (χ1v) is 4.19. The summed E-state index contributed by atoms with van der Waals surface area (Å²) in [4.78, 5) is 9.84. The number of hydrogen-bond donors (Lipinski definition) is 0. The molecule has 0 spiro atoms. The number of carbonyl (C=O) groups excluding carboxylic acids is 1. The monoisotopic (exact) mass is 221 g/mol. The van der Waals surface area contributed by atoms with E-state index in [9.17, 15) is 31.5 Å². The van der Waals surface area contributed by atoms with Gasteiger partial charge in [-0.1, -0.05) is 0 Å². The molecule has 0 aromatic carbocycles. The Morgan fingerprint density at radius 3 is 2.08 bits per heavy atom. The summed E-state index contributed by atoms with van der Waals surface area (Å²) < 4.78 is 58.1. The molecule has 1 atom stereocenters. The third-order valence-electron chi connectivity index (χ3n) is 0.886. The van der Waals surface area contributed by atoms with Crippen molar-refractivity contribution >= 4 is 16.1 Å². The number of carboxylic acid groups (broad SMARTS) is 1. The maximum Gasteiger partial charge on any atom is 0.523 e. The van der Waals surface area contributed by atoms with Crippen LogP contribution in [0.4, 0.5) is 13.2 Å². The van der Waals surface area contributed by atoms with E-state index in [0.29, 0.717) is 6.92 Å². The minimum atomic E-state index is -5.86. The summed E-state index contributed by atoms with van der Waals surface area (Å²) in [5.74, 6) is -2.05. The molecule has 0 aliphatic rings. The van der Waals surface area contributed by atoms with Gasteiger partial charge in [-0.2, -0.15) is 21.6 Å². The molecule has 0 saturated carbocycles. The van der Waals surface area contributed by atoms with Crippen LogP contribution in [0.2, 0.25) is 0 Å². The fourth-order valence-electron chi connectivity index (χ4n) is 0.284. The van der Waals surface area contributed by atoms with Gasteiger partial charge in [-0.15, -0.1) is 0 Å². The molecule has 0 amide bonds. The maximum absolute atomic E-state index is 11.5. The molecule has 5 nitrogen and oxygen atoms in total. The smallest absolute Gasteiger partial charge is 0.523 e. The highest BCUT2D eigenvalue weighted by molar-refractivity contribution is 7.87. The molecule has 0 radical (unpaired) electrons. The van der Waals surface area contributed by atoms with Crippen LogP contribution in [0.15, 0.2) is 0 Å². The second-order valence-electron chi connectivity index (χ2n) is 1.96. The van der Waals surface area contributed by atoms with Gasteiger partial charge < -0.3 is 9.90 Å². The Bertz CT molecular complexity index is 291. The number of aliphatic carboxylic acids is 1. The lowest BCUT2D eigenvalue weighted by molar-refractivity contribution is -0.312. The largest absolute Gasteiger partial charge is 0.547 e. The molecule has 9 heteroatoms. The summed E-state index contributed by atoms with van der Waals surface area (Å²) in [5.41, 5.74) is -5.63. The van der Waals surface area contributed by atoms with E-state index < -0.39 is 27.7 Å². The first-order valence-electron chi connectivity index (χ1n) is 2.78. The van der Waals surface area contributed by atoms with E-state index in [1.165, 1.54) is 0 Å². The molecule has 0 aliphatic carbocycles. The molecule has 0 aromatic rings. The van der Waals surface area contributed by atoms with Crippen molar-refractivity contribution in [3.05, 3.63) is 0 Å². The van der Waals surface area contributed by atoms with Crippen LogP contribution < -0.4 is 5.11 Å². The molecule has 0 rings (SSSR count). The van der Waals surface area contributed by atoms with Gasteiger partial charge in [0.15, 0.2) is 0 Å². The molecule has 0 N–H and O–H groups in total. The quantitative estimate of drug-likeness (QED) is 0.450. The van der Waals surface area contributed by atoms with Gasteiger partial charge in [0.1, 0.15) is 6.10 Å². The topological polar surface area (TPSA) is 83.5 Å². The minimum absolute atomic E-state index is 0.610. The van der Waals surface area contributed by atoms with Gasteiger partial charge >= 0.3 is 15.6 Å². The predicted molar refractivity (Wildman–Crippen MR) is 30.5 cm³/mol.